The van der Waals surface area contributed by atoms with Gasteiger partial charge in [-0.25, -0.2) is 8.42 Å². The molecule has 2 atom stereocenters. The van der Waals surface area contributed by atoms with Crippen LogP contribution in [0.4, 0.5) is 0 Å². The van der Waals surface area contributed by atoms with Crippen molar-refractivity contribution in [1.82, 2.24) is 0 Å². The zero-order valence-corrected chi connectivity index (χ0v) is 22.4. The van der Waals surface area contributed by atoms with E-state index in [0.717, 1.165) is 18.2 Å². The number of hydrogen-bond donors (Lipinski definition) is 0. The molecule has 1 aliphatic heterocycles. The average molecular weight is 529 g/mol. The number of rotatable bonds is 12. The van der Waals surface area contributed by atoms with Crippen LogP contribution < -0.4 is 23.7 Å². The predicted octanol–water partition coefficient (Wildman–Crippen LogP) is 4.39. The number of hydrogen-bond acceptors (Lipinski definition) is 10. The molecular weight excluding hydrogens is 496 g/mol. The van der Waals surface area contributed by atoms with Crippen molar-refractivity contribution in [2.45, 2.75) is 29.9 Å². The maximum Gasteiger partial charge on any atom is 0.203 e. The van der Waals surface area contributed by atoms with Gasteiger partial charge in [-0.1, -0.05) is 0 Å². The van der Waals surface area contributed by atoms with Crippen molar-refractivity contribution < 1.29 is 41.0 Å². The fourth-order valence-corrected chi connectivity index (χ4v) is 5.11. The lowest BCUT2D eigenvalue weighted by Crippen LogP contribution is -2.10. The maximum atomic E-state index is 12.6. The summed E-state index contributed by atoms with van der Waals surface area (Å²) in [6, 6.07) is 7.10. The van der Waals surface area contributed by atoms with E-state index < -0.39 is 9.84 Å². The van der Waals surface area contributed by atoms with Crippen LogP contribution in [0, 0.1) is 0 Å². The number of sulfone groups is 1. The number of benzene rings is 2. The van der Waals surface area contributed by atoms with Gasteiger partial charge in [0, 0.05) is 12.5 Å². The zero-order valence-electron chi connectivity index (χ0n) is 20.8. The predicted molar refractivity (Wildman–Crippen MR) is 133 cm³/mol. The van der Waals surface area contributed by atoms with Crippen LogP contribution in [-0.4, -0.2) is 62.6 Å². The van der Waals surface area contributed by atoms with Gasteiger partial charge in [-0.15, -0.1) is 0 Å². The summed E-state index contributed by atoms with van der Waals surface area (Å²) in [4.78, 5) is 0.0517. The smallest absolute Gasteiger partial charge is 0.203 e. The molecule has 0 aliphatic carbocycles. The van der Waals surface area contributed by atoms with Crippen molar-refractivity contribution in [2.75, 3.05) is 54.2 Å². The van der Waals surface area contributed by atoms with Crippen LogP contribution in [0.15, 0.2) is 29.2 Å². The molecule has 3 rings (SSSR count). The van der Waals surface area contributed by atoms with Gasteiger partial charge in [-0.3, -0.25) is 0 Å². The van der Waals surface area contributed by atoms with Gasteiger partial charge in [0.15, 0.2) is 32.8 Å². The van der Waals surface area contributed by atoms with Crippen LogP contribution in [0.5, 0.6) is 28.7 Å². The van der Waals surface area contributed by atoms with Gasteiger partial charge in [0.25, 0.3) is 0 Å². The van der Waals surface area contributed by atoms with Gasteiger partial charge in [-0.05, 0) is 60.3 Å². The van der Waals surface area contributed by atoms with E-state index in [1.165, 1.54) is 19.2 Å². The molecule has 1 fully saturated rings. The SMILES string of the molecule is COc1cc(C2CCC(c3cc(OC)c(OCCOSC)c(S(C)(=O)=O)c3)O2)cc(OC)c1OC. The molecule has 0 aromatic heterocycles. The minimum atomic E-state index is -3.61. The minimum absolute atomic E-state index is 0.0517. The Bertz CT molecular complexity index is 1090. The molecule has 2 unspecified atom stereocenters. The Morgan fingerprint density at radius 1 is 0.829 bits per heavy atom. The van der Waals surface area contributed by atoms with Crippen molar-refractivity contribution in [1.29, 1.82) is 0 Å². The normalized spacial score (nSPS) is 17.8. The lowest BCUT2D eigenvalue weighted by atomic mass is 10.0. The quantitative estimate of drug-likeness (QED) is 0.291. The van der Waals surface area contributed by atoms with E-state index in [4.69, 9.17) is 32.6 Å². The zero-order chi connectivity index (χ0) is 25.6. The van der Waals surface area contributed by atoms with Crippen molar-refractivity contribution in [3.63, 3.8) is 0 Å². The molecular formula is C24H32O9S2. The molecule has 194 valence electrons. The third kappa shape index (κ3) is 6.27. The van der Waals surface area contributed by atoms with Crippen molar-refractivity contribution in [3.05, 3.63) is 35.4 Å². The molecule has 0 spiro atoms. The van der Waals surface area contributed by atoms with Crippen LogP contribution in [0.3, 0.4) is 0 Å². The summed E-state index contributed by atoms with van der Waals surface area (Å²) in [6.45, 7) is 0.486. The molecule has 0 radical (unpaired) electrons. The van der Waals surface area contributed by atoms with E-state index in [-0.39, 0.29) is 29.5 Å². The molecule has 35 heavy (non-hydrogen) atoms. The highest BCUT2D eigenvalue weighted by Gasteiger charge is 2.32. The molecule has 0 amide bonds. The molecule has 0 N–H and O–H groups in total. The van der Waals surface area contributed by atoms with Gasteiger partial charge in [0.1, 0.15) is 11.5 Å². The number of ether oxygens (including phenoxy) is 6. The fraction of sp³-hybridized carbons (Fsp3) is 0.500. The molecule has 0 saturated carbocycles. The molecule has 1 saturated heterocycles. The summed E-state index contributed by atoms with van der Waals surface area (Å²) in [5, 5.41) is 0. The Labute approximate surface area is 211 Å². The summed E-state index contributed by atoms with van der Waals surface area (Å²) in [7, 11) is 2.55. The van der Waals surface area contributed by atoms with Crippen molar-refractivity contribution in [2.24, 2.45) is 0 Å². The Morgan fingerprint density at radius 2 is 1.34 bits per heavy atom. The first kappa shape index (κ1) is 27.3. The molecule has 1 aliphatic rings. The Balaban J connectivity index is 1.91. The summed E-state index contributed by atoms with van der Waals surface area (Å²) in [5.74, 6) is 2.09. The first-order chi connectivity index (χ1) is 16.8. The van der Waals surface area contributed by atoms with Gasteiger partial charge in [-0.2, -0.15) is 0 Å². The van der Waals surface area contributed by atoms with E-state index >= 15 is 0 Å². The average Bonchev–Trinajstić information content (AvgIpc) is 3.35. The number of methoxy groups -OCH3 is 4. The second-order valence-electron chi connectivity index (χ2n) is 7.81. The lowest BCUT2D eigenvalue weighted by molar-refractivity contribution is 0.0435. The molecule has 11 heteroatoms. The van der Waals surface area contributed by atoms with E-state index in [1.807, 2.05) is 12.1 Å². The van der Waals surface area contributed by atoms with Crippen molar-refractivity contribution >= 4 is 21.9 Å². The largest absolute Gasteiger partial charge is 0.493 e. The van der Waals surface area contributed by atoms with Gasteiger partial charge in [0.05, 0.1) is 47.3 Å². The summed E-state index contributed by atoms with van der Waals surface area (Å²) in [6.07, 6.45) is 3.79. The van der Waals surface area contributed by atoms with Crippen LogP contribution in [0.2, 0.25) is 0 Å². The first-order valence-corrected chi connectivity index (χ1v) is 14.0. The third-order valence-electron chi connectivity index (χ3n) is 5.64. The summed E-state index contributed by atoms with van der Waals surface area (Å²) >= 11 is 1.21. The topological polar surface area (TPSA) is 98.8 Å². The van der Waals surface area contributed by atoms with Crippen molar-refractivity contribution in [3.8, 4) is 28.7 Å². The monoisotopic (exact) mass is 528 g/mol. The van der Waals surface area contributed by atoms with Crippen LogP contribution in [-0.2, 0) is 18.8 Å². The Kier molecular flexibility index (Phi) is 9.40. The van der Waals surface area contributed by atoms with Crippen LogP contribution in [0.25, 0.3) is 0 Å². The van der Waals surface area contributed by atoms with E-state index in [9.17, 15) is 8.42 Å². The lowest BCUT2D eigenvalue weighted by Gasteiger charge is -2.20. The fourth-order valence-electron chi connectivity index (χ4n) is 4.03. The Hall–Kier alpha value is -2.34. The van der Waals surface area contributed by atoms with Gasteiger partial charge >= 0.3 is 0 Å². The van der Waals surface area contributed by atoms with Gasteiger partial charge in [0.2, 0.25) is 5.75 Å². The second kappa shape index (κ2) is 12.1. The Morgan fingerprint density at radius 3 is 1.80 bits per heavy atom. The van der Waals surface area contributed by atoms with E-state index in [1.54, 1.807) is 39.7 Å². The molecule has 2 aromatic rings. The summed E-state index contributed by atoms with van der Waals surface area (Å²) in [5.41, 5.74) is 1.58. The van der Waals surface area contributed by atoms with E-state index in [2.05, 4.69) is 0 Å². The van der Waals surface area contributed by atoms with Gasteiger partial charge < -0.3 is 32.6 Å². The molecule has 0 bridgehead atoms. The summed E-state index contributed by atoms with van der Waals surface area (Å²) < 4.78 is 64.4. The second-order valence-corrected chi connectivity index (χ2v) is 10.4. The third-order valence-corrected chi connectivity index (χ3v) is 7.15. The van der Waals surface area contributed by atoms with Crippen LogP contribution in [0.1, 0.15) is 36.2 Å². The maximum absolute atomic E-state index is 12.6. The highest BCUT2D eigenvalue weighted by molar-refractivity contribution is 7.93. The molecule has 2 aromatic carbocycles. The molecule has 1 heterocycles. The van der Waals surface area contributed by atoms with E-state index in [0.29, 0.717) is 41.6 Å². The standard InChI is InChI=1S/C24H32O9S2/c1-27-19-11-15(12-20(28-2)23(19)30-4)17-7-8-18(33-17)16-13-21(29-3)24(31-9-10-32-34-5)22(14-16)35(6,25)26/h11-14,17-18H,7-10H2,1-6H3. The van der Waals surface area contributed by atoms with Crippen LogP contribution >= 0.6 is 12.0 Å². The first-order valence-electron chi connectivity index (χ1n) is 10.9. The highest BCUT2D eigenvalue weighted by atomic mass is 32.2. The highest BCUT2D eigenvalue weighted by Crippen LogP contribution is 2.47. The minimum Gasteiger partial charge on any atom is -0.493 e. The molecule has 9 nitrogen and oxygen atoms in total.